The Labute approximate surface area is 92.8 Å². The number of alkyl halides is 1. The summed E-state index contributed by atoms with van der Waals surface area (Å²) in [5.41, 5.74) is 6.09. The van der Waals surface area contributed by atoms with Crippen LogP contribution in [0.1, 0.15) is 19.3 Å². The maximum absolute atomic E-state index is 11.4. The van der Waals surface area contributed by atoms with Crippen molar-refractivity contribution in [2.45, 2.75) is 24.6 Å². The predicted octanol–water partition coefficient (Wildman–Crippen LogP) is 0.509. The Morgan fingerprint density at radius 3 is 3.07 bits per heavy atom. The highest BCUT2D eigenvalue weighted by Gasteiger charge is 2.40. The van der Waals surface area contributed by atoms with Crippen LogP contribution in [0, 0.1) is 11.8 Å². The molecule has 2 rings (SSSR count). The Hall–Kier alpha value is -1.03. The van der Waals surface area contributed by atoms with Crippen molar-refractivity contribution in [2.24, 2.45) is 17.6 Å². The first-order chi connectivity index (χ1) is 7.09. The molecule has 82 valence electrons. The van der Waals surface area contributed by atoms with Crippen LogP contribution in [0.25, 0.3) is 0 Å². The Kier molecular flexibility index (Phi) is 2.69. The van der Waals surface area contributed by atoms with Crippen LogP contribution in [0.3, 0.4) is 0 Å². The maximum atomic E-state index is 11.4. The van der Waals surface area contributed by atoms with Gasteiger partial charge in [0.1, 0.15) is 5.38 Å². The number of halogens is 1. The van der Waals surface area contributed by atoms with Crippen molar-refractivity contribution >= 4 is 23.4 Å². The minimum Gasteiger partial charge on any atom is -0.368 e. The number of nitrogens with two attached hydrogens (primary N) is 1. The number of nitrogens with one attached hydrogen (secondary N) is 1. The zero-order valence-electron chi connectivity index (χ0n) is 8.20. The highest BCUT2D eigenvalue weighted by atomic mass is 35.5. The molecule has 1 saturated heterocycles. The Bertz CT molecular complexity index is 340. The molecule has 1 fully saturated rings. The number of amides is 2. The monoisotopic (exact) mass is 228 g/mol. The number of primary amides is 1. The molecule has 5 heteroatoms. The summed E-state index contributed by atoms with van der Waals surface area (Å²) >= 11 is 5.94. The number of hydrogen-bond donors (Lipinski definition) is 2. The molecule has 0 radical (unpaired) electrons. The van der Waals surface area contributed by atoms with Gasteiger partial charge in [-0.05, 0) is 12.8 Å². The van der Waals surface area contributed by atoms with E-state index in [9.17, 15) is 9.59 Å². The minimum atomic E-state index is -0.748. The number of fused-ring (bicyclic) bond motifs is 1. The van der Waals surface area contributed by atoms with Gasteiger partial charge in [-0.2, -0.15) is 0 Å². The first-order valence-electron chi connectivity index (χ1n) is 5.03. The summed E-state index contributed by atoms with van der Waals surface area (Å²) in [5.74, 6) is -0.566. The second-order valence-electron chi connectivity index (χ2n) is 4.06. The second-order valence-corrected chi connectivity index (χ2v) is 4.53. The zero-order valence-corrected chi connectivity index (χ0v) is 8.96. The van der Waals surface area contributed by atoms with Gasteiger partial charge in [0.05, 0.1) is 0 Å². The summed E-state index contributed by atoms with van der Waals surface area (Å²) in [7, 11) is 0. The molecule has 2 aliphatic rings. The van der Waals surface area contributed by atoms with Crippen LogP contribution in [-0.2, 0) is 9.59 Å². The normalized spacial score (nSPS) is 31.5. The van der Waals surface area contributed by atoms with Gasteiger partial charge in [-0.1, -0.05) is 6.08 Å². The van der Waals surface area contributed by atoms with Crippen molar-refractivity contribution in [3.8, 4) is 0 Å². The van der Waals surface area contributed by atoms with Gasteiger partial charge in [0, 0.05) is 24.0 Å². The average Bonchev–Trinajstić information content (AvgIpc) is 2.62. The highest BCUT2D eigenvalue weighted by molar-refractivity contribution is 6.30. The molecular formula is C10H13ClN2O2. The number of rotatable bonds is 2. The molecule has 15 heavy (non-hydrogen) atoms. The molecular weight excluding hydrogens is 216 g/mol. The zero-order chi connectivity index (χ0) is 11.0. The van der Waals surface area contributed by atoms with E-state index in [1.54, 1.807) is 0 Å². The standard InChI is InChI=1S/C10H13ClN2O2/c11-9(10(12)15)6-4-8(14)13-7-3-1-2-5(6)7/h3,5-6,9H,1-2,4H2,(H2,12,15)(H,13,14)/t5?,6?,9-/m1/s1. The fraction of sp³-hybridized carbons (Fsp3) is 0.600. The summed E-state index contributed by atoms with van der Waals surface area (Å²) < 4.78 is 0. The lowest BCUT2D eigenvalue weighted by atomic mass is 9.81. The van der Waals surface area contributed by atoms with Gasteiger partial charge in [0.25, 0.3) is 0 Å². The number of allylic oxidation sites excluding steroid dienone is 2. The molecule has 1 aliphatic carbocycles. The van der Waals surface area contributed by atoms with Crippen molar-refractivity contribution < 1.29 is 9.59 Å². The van der Waals surface area contributed by atoms with Gasteiger partial charge in [-0.15, -0.1) is 11.6 Å². The summed E-state index contributed by atoms with van der Waals surface area (Å²) in [6.45, 7) is 0. The van der Waals surface area contributed by atoms with Crippen LogP contribution in [0.4, 0.5) is 0 Å². The van der Waals surface area contributed by atoms with Crippen molar-refractivity contribution in [3.63, 3.8) is 0 Å². The van der Waals surface area contributed by atoms with E-state index >= 15 is 0 Å². The molecule has 0 aromatic heterocycles. The lowest BCUT2D eigenvalue weighted by Gasteiger charge is -2.32. The number of carbonyl (C=O) groups is 2. The molecule has 1 heterocycles. The van der Waals surface area contributed by atoms with Gasteiger partial charge in [-0.3, -0.25) is 9.59 Å². The van der Waals surface area contributed by atoms with Crippen LogP contribution in [-0.4, -0.2) is 17.2 Å². The van der Waals surface area contributed by atoms with E-state index in [1.165, 1.54) is 0 Å². The van der Waals surface area contributed by atoms with Crippen LogP contribution in [0.2, 0.25) is 0 Å². The van der Waals surface area contributed by atoms with Crippen LogP contribution in [0.15, 0.2) is 11.8 Å². The number of piperidine rings is 1. The van der Waals surface area contributed by atoms with Crippen molar-refractivity contribution in [2.75, 3.05) is 0 Å². The van der Waals surface area contributed by atoms with E-state index < -0.39 is 11.3 Å². The predicted molar refractivity (Wildman–Crippen MR) is 55.9 cm³/mol. The van der Waals surface area contributed by atoms with E-state index in [0.717, 1.165) is 18.5 Å². The minimum absolute atomic E-state index is 0.0729. The lowest BCUT2D eigenvalue weighted by Crippen LogP contribution is -2.44. The van der Waals surface area contributed by atoms with Crippen molar-refractivity contribution in [1.82, 2.24) is 5.32 Å². The topological polar surface area (TPSA) is 72.2 Å². The molecule has 0 bridgehead atoms. The largest absolute Gasteiger partial charge is 0.368 e. The molecule has 2 unspecified atom stereocenters. The second kappa shape index (κ2) is 3.85. The van der Waals surface area contributed by atoms with E-state index in [2.05, 4.69) is 5.32 Å². The molecule has 0 aromatic carbocycles. The molecule has 2 amide bonds. The quantitative estimate of drug-likeness (QED) is 0.676. The third-order valence-corrected chi connectivity index (χ3v) is 3.65. The summed E-state index contributed by atoms with van der Waals surface area (Å²) in [4.78, 5) is 22.4. The van der Waals surface area contributed by atoms with E-state index in [-0.39, 0.29) is 17.7 Å². The summed E-state index contributed by atoms with van der Waals surface area (Å²) in [6.07, 6.45) is 4.16. The fourth-order valence-corrected chi connectivity index (χ4v) is 2.67. The third kappa shape index (κ3) is 1.86. The van der Waals surface area contributed by atoms with Crippen LogP contribution < -0.4 is 11.1 Å². The summed E-state index contributed by atoms with van der Waals surface area (Å²) in [5, 5.41) is 2.07. The van der Waals surface area contributed by atoms with Gasteiger partial charge in [-0.25, -0.2) is 0 Å². The molecule has 0 aromatic rings. The highest BCUT2D eigenvalue weighted by Crippen LogP contribution is 2.38. The Balaban J connectivity index is 2.20. The molecule has 3 N–H and O–H groups in total. The third-order valence-electron chi connectivity index (χ3n) is 3.11. The Morgan fingerprint density at radius 1 is 1.67 bits per heavy atom. The number of carbonyl (C=O) groups excluding carboxylic acids is 2. The van der Waals surface area contributed by atoms with Crippen molar-refractivity contribution in [3.05, 3.63) is 11.8 Å². The molecule has 0 spiro atoms. The SMILES string of the molecule is NC(=O)[C@H](Cl)C1CC(=O)NC2=CCCC21. The molecule has 1 aliphatic heterocycles. The lowest BCUT2D eigenvalue weighted by molar-refractivity contribution is -0.124. The fourth-order valence-electron chi connectivity index (χ4n) is 2.40. The molecule has 3 atom stereocenters. The van der Waals surface area contributed by atoms with Gasteiger partial charge in [0.15, 0.2) is 0 Å². The van der Waals surface area contributed by atoms with E-state index in [0.29, 0.717) is 6.42 Å². The van der Waals surface area contributed by atoms with E-state index in [4.69, 9.17) is 17.3 Å². The van der Waals surface area contributed by atoms with Gasteiger partial charge in [0.2, 0.25) is 11.8 Å². The molecule has 4 nitrogen and oxygen atoms in total. The van der Waals surface area contributed by atoms with Crippen LogP contribution in [0.5, 0.6) is 0 Å². The van der Waals surface area contributed by atoms with Crippen molar-refractivity contribution in [1.29, 1.82) is 0 Å². The smallest absolute Gasteiger partial charge is 0.235 e. The maximum Gasteiger partial charge on any atom is 0.235 e. The van der Waals surface area contributed by atoms with E-state index in [1.807, 2.05) is 6.08 Å². The molecule has 0 saturated carbocycles. The summed E-state index contributed by atoms with van der Waals surface area (Å²) in [6, 6.07) is 0. The van der Waals surface area contributed by atoms with Gasteiger partial charge >= 0.3 is 0 Å². The average molecular weight is 229 g/mol. The van der Waals surface area contributed by atoms with Crippen LogP contribution >= 0.6 is 11.6 Å². The number of hydrogen-bond acceptors (Lipinski definition) is 2. The Morgan fingerprint density at radius 2 is 2.40 bits per heavy atom. The first kappa shape index (κ1) is 10.5. The first-order valence-corrected chi connectivity index (χ1v) is 5.46. The van der Waals surface area contributed by atoms with Gasteiger partial charge < -0.3 is 11.1 Å².